The van der Waals surface area contributed by atoms with Crippen LogP contribution in [0.5, 0.6) is 0 Å². The van der Waals surface area contributed by atoms with E-state index in [1.807, 2.05) is 20.8 Å². The molecule has 2 heterocycles. The SMILES string of the molecule is CC(C)(C)OC(=O)N[C@@H]1CCN(C2CCOC(C)(C)C2)C1. The summed E-state index contributed by atoms with van der Waals surface area (Å²) in [6.45, 7) is 12.8. The summed E-state index contributed by atoms with van der Waals surface area (Å²) in [5, 5.41) is 2.99. The number of amides is 1. The molecule has 1 unspecified atom stereocenters. The van der Waals surface area contributed by atoms with Crippen molar-refractivity contribution in [1.82, 2.24) is 10.2 Å². The van der Waals surface area contributed by atoms with Crippen LogP contribution in [0.15, 0.2) is 0 Å². The van der Waals surface area contributed by atoms with Gasteiger partial charge in [-0.3, -0.25) is 4.90 Å². The van der Waals surface area contributed by atoms with Gasteiger partial charge in [0, 0.05) is 31.8 Å². The van der Waals surface area contributed by atoms with E-state index in [2.05, 4.69) is 24.1 Å². The summed E-state index contributed by atoms with van der Waals surface area (Å²) >= 11 is 0. The molecule has 1 amide bonds. The van der Waals surface area contributed by atoms with Crippen LogP contribution in [0.25, 0.3) is 0 Å². The second-order valence-corrected chi connectivity index (χ2v) is 7.88. The number of ether oxygens (including phenoxy) is 2. The second kappa shape index (κ2) is 6.13. The van der Waals surface area contributed by atoms with Crippen LogP contribution in [0.2, 0.25) is 0 Å². The van der Waals surface area contributed by atoms with Crippen LogP contribution in [0, 0.1) is 0 Å². The van der Waals surface area contributed by atoms with Crippen LogP contribution in [0.1, 0.15) is 53.9 Å². The summed E-state index contributed by atoms with van der Waals surface area (Å²) in [5.41, 5.74) is -0.466. The highest BCUT2D eigenvalue weighted by Gasteiger charge is 2.36. The van der Waals surface area contributed by atoms with Crippen molar-refractivity contribution in [2.45, 2.75) is 77.2 Å². The lowest BCUT2D eigenvalue weighted by molar-refractivity contribution is -0.0805. The third kappa shape index (κ3) is 5.15. The lowest BCUT2D eigenvalue weighted by Crippen LogP contribution is -2.47. The monoisotopic (exact) mass is 298 g/mol. The Hall–Kier alpha value is -0.810. The molecule has 0 aromatic heterocycles. The molecule has 5 heteroatoms. The van der Waals surface area contributed by atoms with Gasteiger partial charge in [0.05, 0.1) is 5.60 Å². The minimum absolute atomic E-state index is 0.0282. The molecule has 21 heavy (non-hydrogen) atoms. The zero-order valence-corrected chi connectivity index (χ0v) is 14.1. The highest BCUT2D eigenvalue weighted by Crippen LogP contribution is 2.29. The van der Waals surface area contributed by atoms with Crippen LogP contribution in [0.3, 0.4) is 0 Å². The summed E-state index contributed by atoms with van der Waals surface area (Å²) < 4.78 is 11.1. The number of hydrogen-bond donors (Lipinski definition) is 1. The van der Waals surface area contributed by atoms with Gasteiger partial charge in [0.25, 0.3) is 0 Å². The lowest BCUT2D eigenvalue weighted by atomic mass is 9.93. The minimum atomic E-state index is -0.437. The van der Waals surface area contributed by atoms with Crippen LogP contribution >= 0.6 is 0 Å². The first-order valence-electron chi connectivity index (χ1n) is 8.02. The minimum Gasteiger partial charge on any atom is -0.444 e. The van der Waals surface area contributed by atoms with Crippen molar-refractivity contribution in [2.75, 3.05) is 19.7 Å². The molecule has 1 N–H and O–H groups in total. The molecule has 2 aliphatic rings. The molecule has 0 saturated carbocycles. The van der Waals surface area contributed by atoms with E-state index in [9.17, 15) is 4.79 Å². The molecule has 0 bridgehead atoms. The summed E-state index contributed by atoms with van der Waals surface area (Å²) in [5.74, 6) is 0. The maximum atomic E-state index is 11.8. The van der Waals surface area contributed by atoms with Gasteiger partial charge in [-0.1, -0.05) is 0 Å². The molecule has 122 valence electrons. The first kappa shape index (κ1) is 16.6. The lowest BCUT2D eigenvalue weighted by Gasteiger charge is -2.39. The molecule has 0 aromatic carbocycles. The van der Waals surface area contributed by atoms with E-state index in [0.717, 1.165) is 39.0 Å². The normalized spacial score (nSPS) is 30.1. The maximum absolute atomic E-state index is 11.8. The molecule has 2 rings (SSSR count). The predicted octanol–water partition coefficient (Wildman–Crippen LogP) is 2.54. The zero-order chi connectivity index (χ0) is 15.7. The smallest absolute Gasteiger partial charge is 0.407 e. The fourth-order valence-corrected chi connectivity index (χ4v) is 3.22. The Morgan fingerprint density at radius 3 is 2.67 bits per heavy atom. The van der Waals surface area contributed by atoms with E-state index < -0.39 is 5.60 Å². The highest BCUT2D eigenvalue weighted by atomic mass is 16.6. The van der Waals surface area contributed by atoms with Gasteiger partial charge in [-0.2, -0.15) is 0 Å². The molecule has 5 nitrogen and oxygen atoms in total. The number of rotatable bonds is 2. The number of nitrogens with one attached hydrogen (secondary N) is 1. The maximum Gasteiger partial charge on any atom is 0.407 e. The summed E-state index contributed by atoms with van der Waals surface area (Å²) in [4.78, 5) is 14.3. The van der Waals surface area contributed by atoms with Crippen molar-refractivity contribution in [2.24, 2.45) is 0 Å². The average molecular weight is 298 g/mol. The molecular formula is C16H30N2O3. The Labute approximate surface area is 128 Å². The first-order chi connectivity index (χ1) is 9.65. The third-order valence-electron chi connectivity index (χ3n) is 4.13. The fraction of sp³-hybridized carbons (Fsp3) is 0.938. The Morgan fingerprint density at radius 1 is 1.33 bits per heavy atom. The fourth-order valence-electron chi connectivity index (χ4n) is 3.22. The largest absolute Gasteiger partial charge is 0.444 e. The van der Waals surface area contributed by atoms with Crippen molar-refractivity contribution in [3.63, 3.8) is 0 Å². The molecule has 0 radical (unpaired) electrons. The Kier molecular flexibility index (Phi) is 4.83. The number of carbonyl (C=O) groups is 1. The average Bonchev–Trinajstić information content (AvgIpc) is 2.73. The van der Waals surface area contributed by atoms with Gasteiger partial charge < -0.3 is 14.8 Å². The Bertz CT molecular complexity index is 376. The molecule has 0 aliphatic carbocycles. The van der Waals surface area contributed by atoms with E-state index in [1.54, 1.807) is 0 Å². The van der Waals surface area contributed by atoms with Crippen LogP contribution < -0.4 is 5.32 Å². The van der Waals surface area contributed by atoms with Crippen LogP contribution in [-0.2, 0) is 9.47 Å². The van der Waals surface area contributed by atoms with E-state index >= 15 is 0 Å². The van der Waals surface area contributed by atoms with Gasteiger partial charge in [-0.25, -0.2) is 4.79 Å². The number of carbonyl (C=O) groups excluding carboxylic acids is 1. The van der Waals surface area contributed by atoms with Crippen molar-refractivity contribution >= 4 is 6.09 Å². The van der Waals surface area contributed by atoms with Crippen molar-refractivity contribution in [3.05, 3.63) is 0 Å². The number of likely N-dealkylation sites (tertiary alicyclic amines) is 1. The van der Waals surface area contributed by atoms with Gasteiger partial charge in [-0.15, -0.1) is 0 Å². The van der Waals surface area contributed by atoms with E-state index in [0.29, 0.717) is 6.04 Å². The quantitative estimate of drug-likeness (QED) is 0.851. The molecule has 2 fully saturated rings. The summed E-state index contributed by atoms with van der Waals surface area (Å²) in [7, 11) is 0. The van der Waals surface area contributed by atoms with Gasteiger partial charge in [0.15, 0.2) is 0 Å². The van der Waals surface area contributed by atoms with E-state index in [4.69, 9.17) is 9.47 Å². The van der Waals surface area contributed by atoms with Crippen molar-refractivity contribution in [1.29, 1.82) is 0 Å². The second-order valence-electron chi connectivity index (χ2n) is 7.88. The first-order valence-corrected chi connectivity index (χ1v) is 8.02. The topological polar surface area (TPSA) is 50.8 Å². The summed E-state index contributed by atoms with van der Waals surface area (Å²) in [6.07, 6.45) is 2.84. The van der Waals surface area contributed by atoms with E-state index in [-0.39, 0.29) is 17.7 Å². The third-order valence-corrected chi connectivity index (χ3v) is 4.13. The van der Waals surface area contributed by atoms with E-state index in [1.165, 1.54) is 0 Å². The molecule has 2 saturated heterocycles. The van der Waals surface area contributed by atoms with Gasteiger partial charge in [0.2, 0.25) is 0 Å². The van der Waals surface area contributed by atoms with Crippen LogP contribution in [-0.4, -0.2) is 54.0 Å². The number of alkyl carbamates (subject to hydrolysis) is 1. The Morgan fingerprint density at radius 2 is 2.05 bits per heavy atom. The van der Waals surface area contributed by atoms with Crippen LogP contribution in [0.4, 0.5) is 4.79 Å². The highest BCUT2D eigenvalue weighted by molar-refractivity contribution is 5.68. The van der Waals surface area contributed by atoms with Crippen molar-refractivity contribution < 1.29 is 14.3 Å². The number of hydrogen-bond acceptors (Lipinski definition) is 4. The molecule has 2 aliphatic heterocycles. The predicted molar refractivity (Wildman–Crippen MR) is 82.4 cm³/mol. The Balaban J connectivity index is 1.79. The molecule has 0 spiro atoms. The molecular weight excluding hydrogens is 268 g/mol. The van der Waals surface area contributed by atoms with Crippen molar-refractivity contribution in [3.8, 4) is 0 Å². The summed E-state index contributed by atoms with van der Waals surface area (Å²) in [6, 6.07) is 0.769. The van der Waals surface area contributed by atoms with Gasteiger partial charge in [-0.05, 0) is 53.9 Å². The van der Waals surface area contributed by atoms with Gasteiger partial charge >= 0.3 is 6.09 Å². The standard InChI is InChI=1S/C16H30N2O3/c1-15(2,3)21-14(19)17-12-6-8-18(11-12)13-7-9-20-16(4,5)10-13/h12-13H,6-11H2,1-5H3,(H,17,19)/t12-,13?/m1/s1. The van der Waals surface area contributed by atoms with Gasteiger partial charge in [0.1, 0.15) is 5.60 Å². The zero-order valence-electron chi connectivity index (χ0n) is 14.1. The molecule has 2 atom stereocenters. The molecule has 0 aromatic rings. The number of nitrogens with zero attached hydrogens (tertiary/aromatic N) is 1.